The van der Waals surface area contributed by atoms with Crippen LogP contribution in [0.15, 0.2) is 0 Å². The van der Waals surface area contributed by atoms with E-state index in [-0.39, 0.29) is 6.10 Å². The summed E-state index contributed by atoms with van der Waals surface area (Å²) in [6.07, 6.45) is 5.90. The third-order valence-corrected chi connectivity index (χ3v) is 5.33. The lowest BCUT2D eigenvalue weighted by molar-refractivity contribution is -0.0578. The smallest absolute Gasteiger partial charge is 0.147 e. The van der Waals surface area contributed by atoms with Crippen LogP contribution in [0.3, 0.4) is 0 Å². The molecule has 2 fully saturated rings. The summed E-state index contributed by atoms with van der Waals surface area (Å²) in [5.41, 5.74) is 0. The van der Waals surface area contributed by atoms with Crippen molar-refractivity contribution in [1.29, 1.82) is 0 Å². The molecular formula is C18H32N4O2. The molecule has 0 amide bonds. The SMILES string of the molecule is Cc1nc(C)n(C[C@@H]2CN(CCO[C@H]3CCCC[C@H]3C)CCO2)n1. The van der Waals surface area contributed by atoms with Crippen molar-refractivity contribution in [2.24, 2.45) is 5.92 Å². The molecule has 0 bridgehead atoms. The molecule has 6 heteroatoms. The predicted molar refractivity (Wildman–Crippen MR) is 93.0 cm³/mol. The Balaban J connectivity index is 1.41. The second-order valence-electron chi connectivity index (χ2n) is 7.35. The first-order chi connectivity index (χ1) is 11.6. The highest BCUT2D eigenvalue weighted by Gasteiger charge is 2.24. The second-order valence-corrected chi connectivity index (χ2v) is 7.35. The van der Waals surface area contributed by atoms with Gasteiger partial charge < -0.3 is 9.47 Å². The van der Waals surface area contributed by atoms with E-state index in [0.717, 1.165) is 57.0 Å². The molecule has 3 rings (SSSR count). The van der Waals surface area contributed by atoms with Crippen molar-refractivity contribution in [2.75, 3.05) is 32.8 Å². The summed E-state index contributed by atoms with van der Waals surface area (Å²) in [4.78, 5) is 6.83. The van der Waals surface area contributed by atoms with Crippen molar-refractivity contribution in [3.63, 3.8) is 0 Å². The molecule has 3 atom stereocenters. The van der Waals surface area contributed by atoms with E-state index in [1.807, 2.05) is 18.5 Å². The summed E-state index contributed by atoms with van der Waals surface area (Å²) >= 11 is 0. The summed E-state index contributed by atoms with van der Waals surface area (Å²) < 4.78 is 14.0. The number of aryl methyl sites for hydroxylation is 2. The molecule has 0 N–H and O–H groups in total. The van der Waals surface area contributed by atoms with Crippen LogP contribution in [0.2, 0.25) is 0 Å². The Hall–Kier alpha value is -0.980. The minimum absolute atomic E-state index is 0.187. The number of aromatic nitrogens is 3. The third-order valence-electron chi connectivity index (χ3n) is 5.33. The molecule has 136 valence electrons. The molecule has 0 radical (unpaired) electrons. The van der Waals surface area contributed by atoms with E-state index < -0.39 is 0 Å². The van der Waals surface area contributed by atoms with E-state index in [9.17, 15) is 0 Å². The largest absolute Gasteiger partial charge is 0.377 e. The van der Waals surface area contributed by atoms with Crippen LogP contribution in [0.1, 0.15) is 44.3 Å². The zero-order chi connectivity index (χ0) is 16.9. The van der Waals surface area contributed by atoms with Crippen LogP contribution >= 0.6 is 0 Å². The van der Waals surface area contributed by atoms with Gasteiger partial charge in [0, 0.05) is 19.6 Å². The summed E-state index contributed by atoms with van der Waals surface area (Å²) in [6, 6.07) is 0. The quantitative estimate of drug-likeness (QED) is 0.797. The Morgan fingerprint density at radius 1 is 1.25 bits per heavy atom. The average molecular weight is 336 g/mol. The highest BCUT2D eigenvalue weighted by molar-refractivity contribution is 4.88. The van der Waals surface area contributed by atoms with Crippen molar-refractivity contribution in [2.45, 2.75) is 65.2 Å². The average Bonchev–Trinajstić information content (AvgIpc) is 2.87. The summed E-state index contributed by atoms with van der Waals surface area (Å²) in [5, 5.41) is 4.44. The first kappa shape index (κ1) is 17.8. The van der Waals surface area contributed by atoms with Crippen molar-refractivity contribution in [1.82, 2.24) is 19.7 Å². The molecule has 1 saturated carbocycles. The molecule has 6 nitrogen and oxygen atoms in total. The van der Waals surface area contributed by atoms with Gasteiger partial charge in [-0.1, -0.05) is 19.8 Å². The Labute approximate surface area is 145 Å². The van der Waals surface area contributed by atoms with Crippen molar-refractivity contribution >= 4 is 0 Å². The lowest BCUT2D eigenvalue weighted by Gasteiger charge is -2.34. The second kappa shape index (κ2) is 8.41. The van der Waals surface area contributed by atoms with Crippen LogP contribution in [0.25, 0.3) is 0 Å². The maximum absolute atomic E-state index is 6.16. The molecule has 0 spiro atoms. The lowest BCUT2D eigenvalue weighted by Crippen LogP contribution is -2.46. The van der Waals surface area contributed by atoms with Crippen molar-refractivity contribution in [3.8, 4) is 0 Å². The summed E-state index contributed by atoms with van der Waals surface area (Å²) in [6.45, 7) is 11.6. The van der Waals surface area contributed by atoms with Gasteiger partial charge in [0.15, 0.2) is 0 Å². The number of nitrogens with zero attached hydrogens (tertiary/aromatic N) is 4. The van der Waals surface area contributed by atoms with Crippen LogP contribution in [-0.4, -0.2) is 64.7 Å². The number of hydrogen-bond donors (Lipinski definition) is 0. The topological polar surface area (TPSA) is 52.4 Å². The molecule has 2 aliphatic rings. The van der Waals surface area contributed by atoms with Gasteiger partial charge in [-0.15, -0.1) is 0 Å². The van der Waals surface area contributed by atoms with Crippen molar-refractivity contribution < 1.29 is 9.47 Å². The van der Waals surface area contributed by atoms with Gasteiger partial charge >= 0.3 is 0 Å². The van der Waals surface area contributed by atoms with E-state index in [0.29, 0.717) is 6.10 Å². The maximum Gasteiger partial charge on any atom is 0.147 e. The van der Waals surface area contributed by atoms with E-state index >= 15 is 0 Å². The van der Waals surface area contributed by atoms with Crippen LogP contribution in [0.5, 0.6) is 0 Å². The first-order valence-corrected chi connectivity index (χ1v) is 9.45. The third kappa shape index (κ3) is 4.77. The van der Waals surface area contributed by atoms with E-state index in [1.165, 1.54) is 25.7 Å². The normalized spacial score (nSPS) is 29.0. The standard InChI is InChI=1S/C18H32N4O2/c1-14-6-4-5-7-18(14)24-11-9-21-8-10-23-17(12-21)13-22-16(3)19-15(2)20-22/h14,17-18H,4-13H2,1-3H3/t14-,17+,18+/m1/s1. The Kier molecular flexibility index (Phi) is 6.25. The molecule has 1 aliphatic carbocycles. The van der Waals surface area contributed by atoms with Gasteiger partial charge in [0.1, 0.15) is 11.6 Å². The Morgan fingerprint density at radius 3 is 2.83 bits per heavy atom. The van der Waals surface area contributed by atoms with Gasteiger partial charge in [-0.3, -0.25) is 4.90 Å². The minimum atomic E-state index is 0.187. The summed E-state index contributed by atoms with van der Waals surface area (Å²) in [5.74, 6) is 2.51. The van der Waals surface area contributed by atoms with Crippen molar-refractivity contribution in [3.05, 3.63) is 11.6 Å². The summed E-state index contributed by atoms with van der Waals surface area (Å²) in [7, 11) is 0. The van der Waals surface area contributed by atoms with Crippen LogP contribution in [0.4, 0.5) is 0 Å². The highest BCUT2D eigenvalue weighted by Crippen LogP contribution is 2.26. The van der Waals surface area contributed by atoms with Gasteiger partial charge in [-0.25, -0.2) is 9.67 Å². The number of rotatable bonds is 6. The van der Waals surface area contributed by atoms with E-state index in [4.69, 9.17) is 9.47 Å². The maximum atomic E-state index is 6.16. The monoisotopic (exact) mass is 336 g/mol. The molecule has 1 aromatic rings. The highest BCUT2D eigenvalue weighted by atomic mass is 16.5. The molecule has 1 saturated heterocycles. The van der Waals surface area contributed by atoms with Gasteiger partial charge in [0.2, 0.25) is 0 Å². The molecule has 0 unspecified atom stereocenters. The predicted octanol–water partition coefficient (Wildman–Crippen LogP) is 2.19. The van der Waals surface area contributed by atoms with E-state index in [2.05, 4.69) is 21.9 Å². The van der Waals surface area contributed by atoms with Gasteiger partial charge in [-0.05, 0) is 32.6 Å². The number of hydrogen-bond acceptors (Lipinski definition) is 5. The number of morpholine rings is 1. The molecule has 24 heavy (non-hydrogen) atoms. The minimum Gasteiger partial charge on any atom is -0.377 e. The van der Waals surface area contributed by atoms with Gasteiger partial charge in [0.05, 0.1) is 32.0 Å². The molecular weight excluding hydrogens is 304 g/mol. The van der Waals surface area contributed by atoms with Gasteiger partial charge in [0.25, 0.3) is 0 Å². The van der Waals surface area contributed by atoms with Crippen LogP contribution < -0.4 is 0 Å². The molecule has 0 aromatic carbocycles. The van der Waals surface area contributed by atoms with Crippen LogP contribution in [-0.2, 0) is 16.0 Å². The zero-order valence-corrected chi connectivity index (χ0v) is 15.4. The Bertz CT molecular complexity index is 519. The number of ether oxygens (including phenoxy) is 2. The van der Waals surface area contributed by atoms with E-state index in [1.54, 1.807) is 0 Å². The van der Waals surface area contributed by atoms with Crippen LogP contribution in [0, 0.1) is 19.8 Å². The fourth-order valence-corrected chi connectivity index (χ4v) is 3.88. The lowest BCUT2D eigenvalue weighted by atomic mass is 9.88. The molecule has 1 aromatic heterocycles. The molecule has 1 aliphatic heterocycles. The fourth-order valence-electron chi connectivity index (χ4n) is 3.88. The first-order valence-electron chi connectivity index (χ1n) is 9.45. The zero-order valence-electron chi connectivity index (χ0n) is 15.4. The Morgan fingerprint density at radius 2 is 2.08 bits per heavy atom. The van der Waals surface area contributed by atoms with Gasteiger partial charge in [-0.2, -0.15) is 5.10 Å². The fraction of sp³-hybridized carbons (Fsp3) is 0.889. The molecule has 2 heterocycles.